The molecular weight excluding hydrogens is 401 g/mol. The summed E-state index contributed by atoms with van der Waals surface area (Å²) >= 11 is 0. The van der Waals surface area contributed by atoms with Gasteiger partial charge in [0, 0.05) is 17.3 Å². The first-order valence-electron chi connectivity index (χ1n) is 10.1. The maximum absolute atomic E-state index is 13.1. The second-order valence-electron chi connectivity index (χ2n) is 8.35. The van der Waals surface area contributed by atoms with E-state index in [0.29, 0.717) is 40.1 Å². The van der Waals surface area contributed by atoms with Crippen molar-refractivity contribution in [1.82, 2.24) is 0 Å². The van der Waals surface area contributed by atoms with E-state index < -0.39 is 17.3 Å². The average Bonchev–Trinajstić information content (AvgIpc) is 2.71. The van der Waals surface area contributed by atoms with E-state index in [4.69, 9.17) is 13.9 Å². The third kappa shape index (κ3) is 4.00. The summed E-state index contributed by atoms with van der Waals surface area (Å²) in [6.07, 6.45) is 1.31. The van der Waals surface area contributed by atoms with Crippen molar-refractivity contribution in [2.24, 2.45) is 0 Å². The predicted octanol–water partition coefficient (Wildman–Crippen LogP) is 4.53. The molecule has 2 aromatic carbocycles. The number of aryl methyl sites for hydroxylation is 2. The summed E-state index contributed by atoms with van der Waals surface area (Å²) in [5, 5.41) is 3.33. The number of rotatable bonds is 4. The Balaban J connectivity index is 1.75. The van der Waals surface area contributed by atoms with E-state index in [1.165, 1.54) is 24.3 Å². The number of fused-ring (bicyclic) bond motifs is 3. The van der Waals surface area contributed by atoms with Crippen LogP contribution in [0.2, 0.25) is 0 Å². The van der Waals surface area contributed by atoms with Crippen molar-refractivity contribution in [3.8, 4) is 11.5 Å². The Morgan fingerprint density at radius 2 is 1.97 bits per heavy atom. The number of amides is 1. The molecule has 0 saturated carbocycles. The molecule has 0 atom stereocenters. The lowest BCUT2D eigenvalue weighted by Crippen LogP contribution is -2.32. The van der Waals surface area contributed by atoms with Gasteiger partial charge in [0.1, 0.15) is 28.5 Å². The second kappa shape index (κ2) is 7.72. The summed E-state index contributed by atoms with van der Waals surface area (Å²) in [4.78, 5) is 25.4. The van der Waals surface area contributed by atoms with Gasteiger partial charge in [0.25, 0.3) is 0 Å². The molecule has 0 spiro atoms. The molecule has 1 aliphatic rings. The van der Waals surface area contributed by atoms with Gasteiger partial charge in [-0.15, -0.1) is 0 Å². The fourth-order valence-electron chi connectivity index (χ4n) is 3.95. The maximum Gasteiger partial charge on any atom is 0.340 e. The summed E-state index contributed by atoms with van der Waals surface area (Å²) in [5.74, 6) is 0.369. The summed E-state index contributed by atoms with van der Waals surface area (Å²) in [6, 6.07) is 7.23. The van der Waals surface area contributed by atoms with Gasteiger partial charge in [-0.3, -0.25) is 4.79 Å². The largest absolute Gasteiger partial charge is 0.496 e. The zero-order valence-corrected chi connectivity index (χ0v) is 17.9. The first-order chi connectivity index (χ1) is 14.7. The van der Waals surface area contributed by atoms with Crippen molar-refractivity contribution >= 4 is 22.6 Å². The SMILES string of the molecule is COc1cc2c(c3oc(=O)c(CC(=O)Nc4ccc(F)cc4)c(C)c13)CCC(C)(C)O2. The average molecular weight is 425 g/mol. The quantitative estimate of drug-likeness (QED) is 0.622. The summed E-state index contributed by atoms with van der Waals surface area (Å²) in [5.41, 5.74) is 1.71. The van der Waals surface area contributed by atoms with Gasteiger partial charge >= 0.3 is 5.63 Å². The number of methoxy groups -OCH3 is 1. The molecule has 7 heteroatoms. The van der Waals surface area contributed by atoms with Crippen LogP contribution in [0.4, 0.5) is 10.1 Å². The predicted molar refractivity (Wildman–Crippen MR) is 116 cm³/mol. The number of carbonyl (C=O) groups is 1. The van der Waals surface area contributed by atoms with Crippen LogP contribution in [0.3, 0.4) is 0 Å². The Bertz CT molecular complexity index is 1230. The van der Waals surface area contributed by atoms with Gasteiger partial charge in [-0.2, -0.15) is 0 Å². The fourth-order valence-corrected chi connectivity index (χ4v) is 3.95. The minimum absolute atomic E-state index is 0.175. The highest BCUT2D eigenvalue weighted by Gasteiger charge is 2.31. The molecule has 4 rings (SSSR count). The number of halogens is 1. The number of hydrogen-bond donors (Lipinski definition) is 1. The lowest BCUT2D eigenvalue weighted by molar-refractivity contribution is -0.115. The third-order valence-corrected chi connectivity index (χ3v) is 5.62. The van der Waals surface area contributed by atoms with E-state index in [2.05, 4.69) is 5.32 Å². The Kier molecular flexibility index (Phi) is 5.21. The monoisotopic (exact) mass is 425 g/mol. The lowest BCUT2D eigenvalue weighted by Gasteiger charge is -2.33. The van der Waals surface area contributed by atoms with Gasteiger partial charge in [-0.1, -0.05) is 0 Å². The molecule has 3 aromatic rings. The molecule has 0 saturated heterocycles. The van der Waals surface area contributed by atoms with E-state index >= 15 is 0 Å². The van der Waals surface area contributed by atoms with Crippen LogP contribution in [0, 0.1) is 12.7 Å². The zero-order chi connectivity index (χ0) is 22.3. The zero-order valence-electron chi connectivity index (χ0n) is 17.9. The van der Waals surface area contributed by atoms with Crippen molar-refractivity contribution in [3.63, 3.8) is 0 Å². The highest BCUT2D eigenvalue weighted by molar-refractivity contribution is 5.95. The smallest absolute Gasteiger partial charge is 0.340 e. The van der Waals surface area contributed by atoms with E-state index in [1.807, 2.05) is 19.9 Å². The van der Waals surface area contributed by atoms with Crippen molar-refractivity contribution < 1.29 is 23.1 Å². The molecule has 2 heterocycles. The highest BCUT2D eigenvalue weighted by atomic mass is 19.1. The number of benzene rings is 2. The van der Waals surface area contributed by atoms with Crippen LogP contribution in [-0.2, 0) is 17.6 Å². The van der Waals surface area contributed by atoms with Crippen LogP contribution < -0.4 is 20.4 Å². The Morgan fingerprint density at radius 3 is 2.65 bits per heavy atom. The molecule has 0 aliphatic carbocycles. The minimum Gasteiger partial charge on any atom is -0.496 e. The number of nitrogens with one attached hydrogen (secondary N) is 1. The first kappa shape index (κ1) is 20.9. The summed E-state index contributed by atoms with van der Waals surface area (Å²) in [6.45, 7) is 5.80. The highest BCUT2D eigenvalue weighted by Crippen LogP contribution is 2.43. The summed E-state index contributed by atoms with van der Waals surface area (Å²) in [7, 11) is 1.54. The molecule has 162 valence electrons. The Labute approximate surface area is 179 Å². The van der Waals surface area contributed by atoms with E-state index in [1.54, 1.807) is 14.0 Å². The van der Waals surface area contributed by atoms with Crippen LogP contribution in [0.25, 0.3) is 11.0 Å². The van der Waals surface area contributed by atoms with Gasteiger partial charge in [0.15, 0.2) is 0 Å². The second-order valence-corrected chi connectivity index (χ2v) is 8.35. The lowest BCUT2D eigenvalue weighted by atomic mass is 9.91. The van der Waals surface area contributed by atoms with Crippen LogP contribution in [0.15, 0.2) is 39.5 Å². The molecular formula is C24H24FNO5. The molecule has 1 N–H and O–H groups in total. The first-order valence-corrected chi connectivity index (χ1v) is 10.1. The van der Waals surface area contributed by atoms with Gasteiger partial charge in [-0.05, 0) is 63.4 Å². The van der Waals surface area contributed by atoms with Crippen LogP contribution >= 0.6 is 0 Å². The molecule has 1 amide bonds. The van der Waals surface area contributed by atoms with Gasteiger partial charge in [0.05, 0.1) is 24.5 Å². The number of hydrogen-bond acceptors (Lipinski definition) is 5. The van der Waals surface area contributed by atoms with E-state index in [0.717, 1.165) is 12.0 Å². The molecule has 0 unspecified atom stereocenters. The summed E-state index contributed by atoms with van der Waals surface area (Å²) < 4.78 is 30.4. The molecule has 31 heavy (non-hydrogen) atoms. The van der Waals surface area contributed by atoms with Gasteiger partial charge < -0.3 is 19.2 Å². The number of anilines is 1. The molecule has 1 aromatic heterocycles. The molecule has 0 fully saturated rings. The van der Waals surface area contributed by atoms with E-state index in [-0.39, 0.29) is 17.6 Å². The fraction of sp³-hybridized carbons (Fsp3) is 0.333. The van der Waals surface area contributed by atoms with E-state index in [9.17, 15) is 14.0 Å². The van der Waals surface area contributed by atoms with Crippen molar-refractivity contribution in [2.75, 3.05) is 12.4 Å². The normalized spacial score (nSPS) is 14.6. The third-order valence-electron chi connectivity index (χ3n) is 5.62. The molecule has 6 nitrogen and oxygen atoms in total. The van der Waals surface area contributed by atoms with Crippen molar-refractivity contribution in [1.29, 1.82) is 0 Å². The van der Waals surface area contributed by atoms with Crippen molar-refractivity contribution in [3.05, 3.63) is 63.3 Å². The topological polar surface area (TPSA) is 77.8 Å². The van der Waals surface area contributed by atoms with Crippen molar-refractivity contribution in [2.45, 2.75) is 45.6 Å². The molecule has 0 radical (unpaired) electrons. The van der Waals surface area contributed by atoms with Crippen LogP contribution in [0.5, 0.6) is 11.5 Å². The molecule has 1 aliphatic heterocycles. The molecule has 0 bridgehead atoms. The minimum atomic E-state index is -0.570. The standard InChI is InChI=1S/C24H24FNO5/c1-13-17(11-20(27)26-15-7-5-14(25)6-8-15)23(28)30-22-16-9-10-24(2,3)31-18(16)12-19(29-4)21(13)22/h5-8,12H,9-11H2,1-4H3,(H,26,27). The number of ether oxygens (including phenoxy) is 2. The van der Waals surface area contributed by atoms with Crippen LogP contribution in [-0.4, -0.2) is 18.6 Å². The van der Waals surface area contributed by atoms with Gasteiger partial charge in [-0.25, -0.2) is 9.18 Å². The van der Waals surface area contributed by atoms with Crippen LogP contribution in [0.1, 0.15) is 37.0 Å². The maximum atomic E-state index is 13.1. The number of carbonyl (C=O) groups excluding carboxylic acids is 1. The Morgan fingerprint density at radius 1 is 1.26 bits per heavy atom. The van der Waals surface area contributed by atoms with Gasteiger partial charge in [0.2, 0.25) is 5.91 Å². The Hall–Kier alpha value is -3.35.